The van der Waals surface area contributed by atoms with Crippen molar-refractivity contribution in [3.63, 3.8) is 0 Å². The molecule has 1 atom stereocenters. The summed E-state index contributed by atoms with van der Waals surface area (Å²) in [4.78, 5) is 0.145. The third kappa shape index (κ3) is 4.18. The fourth-order valence-electron chi connectivity index (χ4n) is 2.03. The zero-order valence-corrected chi connectivity index (χ0v) is 13.9. The first-order chi connectivity index (χ1) is 8.92. The Hall–Kier alpha value is -0.100. The van der Waals surface area contributed by atoms with Gasteiger partial charge in [-0.15, -0.1) is 0 Å². The maximum atomic E-state index is 12.3. The van der Waals surface area contributed by atoms with Gasteiger partial charge in [0.25, 0.3) is 0 Å². The number of hydrogen-bond donors (Lipinski definition) is 1. The first-order valence-corrected chi connectivity index (χ1v) is 9.05. The number of nitrogens with one attached hydrogen (secondary N) is 1. The second kappa shape index (κ2) is 6.12. The molecule has 0 heterocycles. The summed E-state index contributed by atoms with van der Waals surface area (Å²) in [5.41, 5.74) is 0. The normalized spacial score (nSPS) is 17.4. The molecule has 1 unspecified atom stereocenters. The van der Waals surface area contributed by atoms with E-state index >= 15 is 0 Å². The predicted molar refractivity (Wildman–Crippen MR) is 80.9 cm³/mol. The van der Waals surface area contributed by atoms with Gasteiger partial charge in [-0.05, 0) is 37.0 Å². The molecule has 3 nitrogen and oxygen atoms in total. The van der Waals surface area contributed by atoms with E-state index in [2.05, 4.69) is 20.7 Å². The molecule has 1 aromatic rings. The standard InChI is InChI=1S/C13H17BrClNO2S/c1-2-11(7-9-3-4-9)16-19(17,18)13-6-5-10(14)8-12(13)15/h5-6,8-9,11,16H,2-4,7H2,1H3. The molecule has 0 aliphatic heterocycles. The van der Waals surface area contributed by atoms with Gasteiger partial charge >= 0.3 is 0 Å². The first kappa shape index (κ1) is 15.3. The van der Waals surface area contributed by atoms with Crippen molar-refractivity contribution < 1.29 is 8.42 Å². The highest BCUT2D eigenvalue weighted by molar-refractivity contribution is 9.10. The van der Waals surface area contributed by atoms with Crippen LogP contribution in [0.4, 0.5) is 0 Å². The minimum Gasteiger partial charge on any atom is -0.208 e. The van der Waals surface area contributed by atoms with Crippen molar-refractivity contribution in [3.05, 3.63) is 27.7 Å². The van der Waals surface area contributed by atoms with Crippen molar-refractivity contribution in [2.75, 3.05) is 0 Å². The molecule has 0 aromatic heterocycles. The van der Waals surface area contributed by atoms with Gasteiger partial charge in [-0.1, -0.05) is 47.3 Å². The van der Waals surface area contributed by atoms with E-state index in [1.807, 2.05) is 6.92 Å². The van der Waals surface area contributed by atoms with Crippen LogP contribution < -0.4 is 4.72 Å². The zero-order valence-electron chi connectivity index (χ0n) is 10.7. The Morgan fingerprint density at radius 2 is 2.16 bits per heavy atom. The van der Waals surface area contributed by atoms with Crippen LogP contribution in [0.1, 0.15) is 32.6 Å². The van der Waals surface area contributed by atoms with Crippen LogP contribution in [-0.2, 0) is 10.0 Å². The largest absolute Gasteiger partial charge is 0.242 e. The van der Waals surface area contributed by atoms with E-state index < -0.39 is 10.0 Å². The van der Waals surface area contributed by atoms with Crippen LogP contribution in [0.15, 0.2) is 27.6 Å². The van der Waals surface area contributed by atoms with Gasteiger partial charge in [0.15, 0.2) is 0 Å². The summed E-state index contributed by atoms with van der Waals surface area (Å²) < 4.78 is 28.2. The van der Waals surface area contributed by atoms with E-state index in [4.69, 9.17) is 11.6 Å². The topological polar surface area (TPSA) is 46.2 Å². The maximum Gasteiger partial charge on any atom is 0.242 e. The lowest BCUT2D eigenvalue weighted by molar-refractivity contribution is 0.495. The van der Waals surface area contributed by atoms with Crippen LogP contribution in [0.25, 0.3) is 0 Å². The van der Waals surface area contributed by atoms with Crippen LogP contribution in [0.3, 0.4) is 0 Å². The van der Waals surface area contributed by atoms with Crippen molar-refractivity contribution in [1.82, 2.24) is 4.72 Å². The molecule has 106 valence electrons. The van der Waals surface area contributed by atoms with Gasteiger partial charge in [-0.2, -0.15) is 0 Å². The molecule has 1 aromatic carbocycles. The van der Waals surface area contributed by atoms with Gasteiger partial charge in [0.05, 0.1) is 5.02 Å². The van der Waals surface area contributed by atoms with Gasteiger partial charge in [0.2, 0.25) is 10.0 Å². The van der Waals surface area contributed by atoms with E-state index in [1.54, 1.807) is 12.1 Å². The van der Waals surface area contributed by atoms with Crippen molar-refractivity contribution >= 4 is 37.6 Å². The number of sulfonamides is 1. The molecular weight excluding hydrogens is 350 g/mol. The summed E-state index contributed by atoms with van der Waals surface area (Å²) in [6.45, 7) is 2.00. The van der Waals surface area contributed by atoms with Crippen molar-refractivity contribution in [3.8, 4) is 0 Å². The van der Waals surface area contributed by atoms with E-state index in [-0.39, 0.29) is 16.0 Å². The molecule has 2 rings (SSSR count). The Morgan fingerprint density at radius 3 is 2.68 bits per heavy atom. The number of halogens is 2. The molecule has 0 saturated heterocycles. The second-order valence-corrected chi connectivity index (χ2v) is 7.99. The molecule has 1 aliphatic rings. The lowest BCUT2D eigenvalue weighted by Gasteiger charge is -2.17. The molecule has 19 heavy (non-hydrogen) atoms. The number of rotatable bonds is 6. The average Bonchev–Trinajstić information content (AvgIpc) is 3.11. The van der Waals surface area contributed by atoms with Gasteiger partial charge in [0, 0.05) is 10.5 Å². The maximum absolute atomic E-state index is 12.3. The van der Waals surface area contributed by atoms with Crippen LogP contribution in [0, 0.1) is 5.92 Å². The summed E-state index contributed by atoms with van der Waals surface area (Å²) in [5, 5.41) is 0.239. The third-order valence-corrected chi connectivity index (χ3v) is 5.81. The lowest BCUT2D eigenvalue weighted by Crippen LogP contribution is -2.34. The monoisotopic (exact) mass is 365 g/mol. The lowest BCUT2D eigenvalue weighted by atomic mass is 10.1. The highest BCUT2D eigenvalue weighted by Crippen LogP contribution is 2.34. The Morgan fingerprint density at radius 1 is 1.47 bits per heavy atom. The molecule has 0 amide bonds. The molecule has 1 N–H and O–H groups in total. The zero-order chi connectivity index (χ0) is 14.0. The Kier molecular flexibility index (Phi) is 4.93. The highest BCUT2D eigenvalue weighted by atomic mass is 79.9. The Bertz CT molecular complexity index is 558. The van der Waals surface area contributed by atoms with Crippen LogP contribution >= 0.6 is 27.5 Å². The molecule has 1 fully saturated rings. The van der Waals surface area contributed by atoms with Crippen LogP contribution in [-0.4, -0.2) is 14.5 Å². The fraction of sp³-hybridized carbons (Fsp3) is 0.538. The van der Waals surface area contributed by atoms with Gasteiger partial charge in [0.1, 0.15) is 4.90 Å². The molecule has 0 bridgehead atoms. The summed E-state index contributed by atoms with van der Waals surface area (Å²) in [6.07, 6.45) is 4.16. The number of hydrogen-bond acceptors (Lipinski definition) is 2. The van der Waals surface area contributed by atoms with Crippen molar-refractivity contribution in [2.45, 2.75) is 43.5 Å². The van der Waals surface area contributed by atoms with Crippen LogP contribution in [0.5, 0.6) is 0 Å². The van der Waals surface area contributed by atoms with Gasteiger partial charge < -0.3 is 0 Å². The van der Waals surface area contributed by atoms with E-state index in [9.17, 15) is 8.42 Å². The molecule has 1 aliphatic carbocycles. The number of benzene rings is 1. The van der Waals surface area contributed by atoms with E-state index in [0.29, 0.717) is 5.92 Å². The summed E-state index contributed by atoms with van der Waals surface area (Å²) in [7, 11) is -3.54. The molecule has 6 heteroatoms. The summed E-state index contributed by atoms with van der Waals surface area (Å²) in [6, 6.07) is 4.80. The van der Waals surface area contributed by atoms with Gasteiger partial charge in [-0.25, -0.2) is 13.1 Å². The fourth-order valence-corrected chi connectivity index (χ4v) is 4.40. The Labute approximate surface area is 127 Å². The van der Waals surface area contributed by atoms with E-state index in [1.165, 1.54) is 18.9 Å². The van der Waals surface area contributed by atoms with Crippen molar-refractivity contribution in [1.29, 1.82) is 0 Å². The molecule has 1 saturated carbocycles. The highest BCUT2D eigenvalue weighted by Gasteiger charge is 2.28. The smallest absolute Gasteiger partial charge is 0.208 e. The minimum absolute atomic E-state index is 0.00258. The second-order valence-electron chi connectivity index (χ2n) is 4.98. The van der Waals surface area contributed by atoms with Crippen LogP contribution in [0.2, 0.25) is 5.02 Å². The van der Waals surface area contributed by atoms with Gasteiger partial charge in [-0.3, -0.25) is 0 Å². The summed E-state index contributed by atoms with van der Waals surface area (Å²) >= 11 is 9.28. The predicted octanol–water partition coefficient (Wildman–Crippen LogP) is 3.96. The van der Waals surface area contributed by atoms with Crippen molar-refractivity contribution in [2.24, 2.45) is 5.92 Å². The Balaban J connectivity index is 2.15. The molecule has 0 radical (unpaired) electrons. The average molecular weight is 367 g/mol. The minimum atomic E-state index is -3.54. The first-order valence-electron chi connectivity index (χ1n) is 6.39. The molecular formula is C13H17BrClNO2S. The quantitative estimate of drug-likeness (QED) is 0.828. The van der Waals surface area contributed by atoms with E-state index in [0.717, 1.165) is 17.3 Å². The summed E-state index contributed by atoms with van der Waals surface area (Å²) in [5.74, 6) is 0.688. The third-order valence-electron chi connectivity index (χ3n) is 3.31. The SMILES string of the molecule is CCC(CC1CC1)NS(=O)(=O)c1ccc(Br)cc1Cl. The molecule has 0 spiro atoms.